The van der Waals surface area contributed by atoms with E-state index in [1.807, 2.05) is 64.4 Å². The number of aliphatic hydroxyl groups is 1. The van der Waals surface area contributed by atoms with Gasteiger partial charge in [0.05, 0.1) is 28.2 Å². The number of rotatable bonds is 7. The Labute approximate surface area is 211 Å². The molecule has 190 valence electrons. The van der Waals surface area contributed by atoms with Crippen LogP contribution in [-0.4, -0.2) is 57.4 Å². The lowest BCUT2D eigenvalue weighted by Crippen LogP contribution is -2.57. The molecular weight excluding hydrogens is 464 g/mol. The number of amides is 3. The van der Waals surface area contributed by atoms with Gasteiger partial charge in [0.1, 0.15) is 12.1 Å². The normalized spacial score (nSPS) is 19.8. The number of likely N-dealkylation sites (tertiary alicyclic amines) is 1. The number of benzene rings is 1. The topological polar surface area (TPSA) is 112 Å². The summed E-state index contributed by atoms with van der Waals surface area (Å²) in [4.78, 5) is 45.6. The average molecular weight is 501 g/mol. The van der Waals surface area contributed by atoms with Gasteiger partial charge in [-0.05, 0) is 30.4 Å². The zero-order chi connectivity index (χ0) is 25.9. The third kappa shape index (κ3) is 6.27. The lowest BCUT2D eigenvalue weighted by Gasteiger charge is -2.35. The third-order valence-corrected chi connectivity index (χ3v) is 7.36. The van der Waals surface area contributed by atoms with Gasteiger partial charge in [-0.3, -0.25) is 14.4 Å². The Bertz CT molecular complexity index is 1060. The summed E-state index contributed by atoms with van der Waals surface area (Å²) < 4.78 is 0. The van der Waals surface area contributed by atoms with Gasteiger partial charge in [-0.25, -0.2) is 4.98 Å². The van der Waals surface area contributed by atoms with Crippen LogP contribution in [0.2, 0.25) is 0 Å². The molecule has 3 N–H and O–H groups in total. The molecule has 1 aliphatic rings. The molecule has 0 spiro atoms. The highest BCUT2D eigenvalue weighted by molar-refractivity contribution is 7.13. The summed E-state index contributed by atoms with van der Waals surface area (Å²) >= 11 is 1.59. The van der Waals surface area contributed by atoms with Crippen molar-refractivity contribution in [2.75, 3.05) is 6.54 Å². The number of nitrogens with zero attached hydrogens (tertiary/aromatic N) is 2. The van der Waals surface area contributed by atoms with E-state index in [-0.39, 0.29) is 43.1 Å². The van der Waals surface area contributed by atoms with Crippen LogP contribution in [0.1, 0.15) is 64.8 Å². The van der Waals surface area contributed by atoms with Crippen molar-refractivity contribution >= 4 is 29.1 Å². The summed E-state index contributed by atoms with van der Waals surface area (Å²) in [7, 11) is 0. The molecule has 0 aliphatic carbocycles. The van der Waals surface area contributed by atoms with Crippen LogP contribution in [0, 0.1) is 12.3 Å². The molecule has 1 aromatic carbocycles. The van der Waals surface area contributed by atoms with E-state index in [1.165, 1.54) is 4.90 Å². The maximum atomic E-state index is 13.5. The van der Waals surface area contributed by atoms with E-state index in [4.69, 9.17) is 0 Å². The quantitative estimate of drug-likeness (QED) is 0.541. The van der Waals surface area contributed by atoms with Crippen molar-refractivity contribution in [2.45, 2.75) is 78.6 Å². The Morgan fingerprint density at radius 2 is 1.86 bits per heavy atom. The molecule has 1 aliphatic heterocycles. The number of hydrogen-bond acceptors (Lipinski definition) is 6. The fourth-order valence-electron chi connectivity index (χ4n) is 4.28. The SMILES string of the molecule is CCC(=O)N[C@H](C(=O)N1C[C@H](O)C[C@H]1C(=O)N[C@@H](C)c1ccc(-c2scnc2C)cc1)C(C)(C)C. The fraction of sp³-hybridized carbons (Fsp3) is 0.538. The van der Waals surface area contributed by atoms with Crippen molar-refractivity contribution in [1.29, 1.82) is 0 Å². The first-order valence-electron chi connectivity index (χ1n) is 12.0. The van der Waals surface area contributed by atoms with Crippen LogP contribution in [0.15, 0.2) is 29.8 Å². The molecule has 3 rings (SSSR count). The monoisotopic (exact) mass is 500 g/mol. The van der Waals surface area contributed by atoms with Crippen LogP contribution >= 0.6 is 11.3 Å². The van der Waals surface area contributed by atoms with E-state index >= 15 is 0 Å². The number of carbonyl (C=O) groups excluding carboxylic acids is 3. The van der Waals surface area contributed by atoms with Crippen molar-refractivity contribution < 1.29 is 19.5 Å². The maximum Gasteiger partial charge on any atom is 0.246 e. The van der Waals surface area contributed by atoms with Gasteiger partial charge in [-0.15, -0.1) is 11.3 Å². The number of nitrogens with one attached hydrogen (secondary N) is 2. The second-order valence-electron chi connectivity index (χ2n) is 10.2. The number of thiazole rings is 1. The zero-order valence-corrected chi connectivity index (χ0v) is 22.1. The van der Waals surface area contributed by atoms with Crippen molar-refractivity contribution in [3.05, 3.63) is 41.0 Å². The van der Waals surface area contributed by atoms with Gasteiger partial charge < -0.3 is 20.6 Å². The molecule has 1 saturated heterocycles. The van der Waals surface area contributed by atoms with Gasteiger partial charge in [-0.2, -0.15) is 0 Å². The number of carbonyl (C=O) groups is 3. The van der Waals surface area contributed by atoms with E-state index in [0.29, 0.717) is 0 Å². The average Bonchev–Trinajstić information content (AvgIpc) is 3.41. The van der Waals surface area contributed by atoms with E-state index in [2.05, 4.69) is 15.6 Å². The molecule has 2 aromatic rings. The Hall–Kier alpha value is -2.78. The largest absolute Gasteiger partial charge is 0.391 e. The molecule has 1 fully saturated rings. The third-order valence-electron chi connectivity index (χ3n) is 6.38. The molecular formula is C26H36N4O4S. The van der Waals surface area contributed by atoms with Crippen LogP contribution in [0.4, 0.5) is 0 Å². The van der Waals surface area contributed by atoms with Crippen LogP contribution < -0.4 is 10.6 Å². The molecule has 1 aromatic heterocycles. The van der Waals surface area contributed by atoms with Gasteiger partial charge in [0, 0.05) is 19.4 Å². The smallest absolute Gasteiger partial charge is 0.246 e. The zero-order valence-electron chi connectivity index (χ0n) is 21.3. The molecule has 0 bridgehead atoms. The molecule has 3 amide bonds. The Kier molecular flexibility index (Phi) is 8.33. The van der Waals surface area contributed by atoms with Crippen LogP contribution in [0.3, 0.4) is 0 Å². The van der Waals surface area contributed by atoms with Crippen molar-refractivity contribution in [3.63, 3.8) is 0 Å². The van der Waals surface area contributed by atoms with E-state index in [1.54, 1.807) is 18.3 Å². The molecule has 0 unspecified atom stereocenters. The second kappa shape index (κ2) is 10.9. The summed E-state index contributed by atoms with van der Waals surface area (Å²) in [6.45, 7) is 11.3. The lowest BCUT2D eigenvalue weighted by molar-refractivity contribution is -0.144. The van der Waals surface area contributed by atoms with Crippen LogP contribution in [-0.2, 0) is 14.4 Å². The Balaban J connectivity index is 1.73. The standard InChI is InChI=1S/C26H36N4O4S/c1-7-21(32)29-23(26(4,5)6)25(34)30-13-19(31)12-20(30)24(33)28-15(2)17-8-10-18(11-9-17)22-16(3)27-14-35-22/h8-11,14-15,19-20,23,31H,7,12-13H2,1-6H3,(H,28,33)(H,29,32)/t15-,19+,20-,23+/m0/s1. The summed E-state index contributed by atoms with van der Waals surface area (Å²) in [5.41, 5.74) is 4.26. The number of aliphatic hydroxyl groups excluding tert-OH is 1. The molecule has 8 nitrogen and oxygen atoms in total. The van der Waals surface area contributed by atoms with Gasteiger partial charge >= 0.3 is 0 Å². The molecule has 2 heterocycles. The van der Waals surface area contributed by atoms with Gasteiger partial charge in [0.25, 0.3) is 0 Å². The molecule has 0 radical (unpaired) electrons. The minimum Gasteiger partial charge on any atom is -0.391 e. The highest BCUT2D eigenvalue weighted by Gasteiger charge is 2.44. The minimum atomic E-state index is -0.803. The Morgan fingerprint density at radius 1 is 1.20 bits per heavy atom. The molecule has 9 heteroatoms. The Morgan fingerprint density at radius 3 is 2.40 bits per heavy atom. The van der Waals surface area contributed by atoms with Crippen LogP contribution in [0.5, 0.6) is 0 Å². The summed E-state index contributed by atoms with van der Waals surface area (Å²) in [5.74, 6) is -0.906. The van der Waals surface area contributed by atoms with Crippen LogP contribution in [0.25, 0.3) is 10.4 Å². The summed E-state index contributed by atoms with van der Waals surface area (Å²) in [6, 6.07) is 6.09. The lowest BCUT2D eigenvalue weighted by atomic mass is 9.85. The second-order valence-corrected chi connectivity index (χ2v) is 11.1. The van der Waals surface area contributed by atoms with Crippen molar-refractivity contribution in [1.82, 2.24) is 20.5 Å². The molecule has 0 saturated carbocycles. The molecule has 4 atom stereocenters. The van der Waals surface area contributed by atoms with E-state index < -0.39 is 23.6 Å². The summed E-state index contributed by atoms with van der Waals surface area (Å²) in [6.07, 6.45) is -0.382. The minimum absolute atomic E-state index is 0.0583. The van der Waals surface area contributed by atoms with E-state index in [9.17, 15) is 19.5 Å². The molecule has 35 heavy (non-hydrogen) atoms. The predicted molar refractivity (Wildman–Crippen MR) is 137 cm³/mol. The highest BCUT2D eigenvalue weighted by atomic mass is 32.1. The summed E-state index contributed by atoms with van der Waals surface area (Å²) in [5, 5.41) is 16.1. The fourth-order valence-corrected chi connectivity index (χ4v) is 5.09. The number of aromatic nitrogens is 1. The van der Waals surface area contributed by atoms with Crippen molar-refractivity contribution in [3.8, 4) is 10.4 Å². The maximum absolute atomic E-state index is 13.5. The highest BCUT2D eigenvalue weighted by Crippen LogP contribution is 2.29. The predicted octanol–water partition coefficient (Wildman–Crippen LogP) is 3.20. The van der Waals surface area contributed by atoms with Gasteiger partial charge in [0.2, 0.25) is 17.7 Å². The van der Waals surface area contributed by atoms with Gasteiger partial charge in [0.15, 0.2) is 0 Å². The number of β-amino-alcohol motifs (C(OH)–C–C–N with tert-alkyl or cyclic N) is 1. The van der Waals surface area contributed by atoms with E-state index in [0.717, 1.165) is 21.7 Å². The first-order valence-corrected chi connectivity index (χ1v) is 12.9. The first kappa shape index (κ1) is 26.8. The van der Waals surface area contributed by atoms with Crippen molar-refractivity contribution in [2.24, 2.45) is 5.41 Å². The first-order chi connectivity index (χ1) is 16.4. The number of hydrogen-bond donors (Lipinski definition) is 3. The number of aryl methyl sites for hydroxylation is 1. The van der Waals surface area contributed by atoms with Gasteiger partial charge in [-0.1, -0.05) is 52.0 Å².